The van der Waals surface area contributed by atoms with Crippen LogP contribution >= 0.6 is 0 Å². The summed E-state index contributed by atoms with van der Waals surface area (Å²) in [5, 5.41) is 6.14. The smallest absolute Gasteiger partial charge is 0.237 e. The predicted octanol–water partition coefficient (Wildman–Crippen LogP) is 4.50. The number of amides is 2. The van der Waals surface area contributed by atoms with Gasteiger partial charge in [0.2, 0.25) is 11.8 Å². The van der Waals surface area contributed by atoms with E-state index in [2.05, 4.69) is 10.6 Å². The minimum atomic E-state index is -1.01. The van der Waals surface area contributed by atoms with Gasteiger partial charge in [0.1, 0.15) is 11.9 Å². The standard InChI is InChI=1S/C29H36FN3O3/c1-18(2)22-13-14-23(26(27(22)30)20-9-5-4-6-10-20)28(32-29(36)24-12-7-15-31-24)25(35)17-21-11-8-16-33(21)19(3)34/h4-6,9-10,13-14,18,21,24,28,31H,7-8,11-12,15-17H2,1-3H3,(H,32,36)/t21-,24?,28?/m1/s1. The van der Waals surface area contributed by atoms with Crippen molar-refractivity contribution >= 4 is 17.6 Å². The van der Waals surface area contributed by atoms with Gasteiger partial charge in [0.05, 0.1) is 6.04 Å². The molecule has 2 aromatic carbocycles. The second kappa shape index (κ2) is 11.3. The Morgan fingerprint density at radius 3 is 2.42 bits per heavy atom. The van der Waals surface area contributed by atoms with E-state index >= 15 is 4.39 Å². The number of hydrogen-bond donors (Lipinski definition) is 2. The monoisotopic (exact) mass is 493 g/mol. The first-order valence-corrected chi connectivity index (χ1v) is 13.0. The highest BCUT2D eigenvalue weighted by molar-refractivity contribution is 5.94. The number of nitrogens with one attached hydrogen (secondary N) is 2. The minimum Gasteiger partial charge on any atom is -0.341 e. The summed E-state index contributed by atoms with van der Waals surface area (Å²) in [6.07, 6.45) is 3.28. The number of likely N-dealkylation sites (tertiary alicyclic amines) is 1. The molecular formula is C29H36FN3O3. The summed E-state index contributed by atoms with van der Waals surface area (Å²) in [7, 11) is 0. The van der Waals surface area contributed by atoms with Crippen LogP contribution in [-0.2, 0) is 14.4 Å². The predicted molar refractivity (Wildman–Crippen MR) is 138 cm³/mol. The van der Waals surface area contributed by atoms with Crippen LogP contribution in [0.15, 0.2) is 42.5 Å². The summed E-state index contributed by atoms with van der Waals surface area (Å²) in [5.41, 5.74) is 2.01. The highest BCUT2D eigenvalue weighted by Gasteiger charge is 2.35. The van der Waals surface area contributed by atoms with Crippen LogP contribution in [0, 0.1) is 5.82 Å². The molecule has 2 aliphatic heterocycles. The Hall–Kier alpha value is -3.06. The van der Waals surface area contributed by atoms with Crippen molar-refractivity contribution in [1.82, 2.24) is 15.5 Å². The number of carbonyl (C=O) groups excluding carboxylic acids is 3. The zero-order valence-electron chi connectivity index (χ0n) is 21.4. The fraction of sp³-hybridized carbons (Fsp3) is 0.483. The number of Topliss-reactive ketones (excluding diaryl/α,β-unsaturated/α-hetero) is 1. The molecule has 2 amide bonds. The molecule has 2 heterocycles. The first kappa shape index (κ1) is 26.0. The van der Waals surface area contributed by atoms with E-state index in [-0.39, 0.29) is 47.8 Å². The summed E-state index contributed by atoms with van der Waals surface area (Å²) < 4.78 is 16.0. The zero-order valence-corrected chi connectivity index (χ0v) is 21.4. The molecule has 7 heteroatoms. The van der Waals surface area contributed by atoms with Crippen molar-refractivity contribution in [3.05, 3.63) is 59.4 Å². The van der Waals surface area contributed by atoms with E-state index < -0.39 is 6.04 Å². The second-order valence-corrected chi connectivity index (χ2v) is 10.2. The highest BCUT2D eigenvalue weighted by Crippen LogP contribution is 2.36. The fourth-order valence-corrected chi connectivity index (χ4v) is 5.49. The number of ketones is 1. The molecule has 0 aromatic heterocycles. The van der Waals surface area contributed by atoms with E-state index in [0.717, 1.165) is 25.8 Å². The number of rotatable bonds is 8. The highest BCUT2D eigenvalue weighted by atomic mass is 19.1. The van der Waals surface area contributed by atoms with Gasteiger partial charge < -0.3 is 15.5 Å². The Labute approximate surface area is 212 Å². The topological polar surface area (TPSA) is 78.5 Å². The first-order chi connectivity index (χ1) is 17.3. The Kier molecular flexibility index (Phi) is 8.19. The molecule has 2 saturated heterocycles. The molecule has 2 fully saturated rings. The van der Waals surface area contributed by atoms with Gasteiger partial charge in [0, 0.05) is 31.5 Å². The normalized spacial score (nSPS) is 20.5. The molecule has 0 saturated carbocycles. The molecule has 3 atom stereocenters. The van der Waals surface area contributed by atoms with Gasteiger partial charge in [-0.3, -0.25) is 14.4 Å². The number of benzene rings is 2. The summed E-state index contributed by atoms with van der Waals surface area (Å²) in [5.74, 6) is -0.943. The average molecular weight is 494 g/mol. The lowest BCUT2D eigenvalue weighted by atomic mass is 9.86. The van der Waals surface area contributed by atoms with Crippen molar-refractivity contribution < 1.29 is 18.8 Å². The number of carbonyl (C=O) groups is 3. The lowest BCUT2D eigenvalue weighted by Gasteiger charge is -2.28. The molecule has 2 aromatic rings. The summed E-state index contributed by atoms with van der Waals surface area (Å²) >= 11 is 0. The van der Waals surface area contributed by atoms with Gasteiger partial charge >= 0.3 is 0 Å². The maximum Gasteiger partial charge on any atom is 0.237 e. The molecule has 4 rings (SSSR count). The molecule has 2 N–H and O–H groups in total. The van der Waals surface area contributed by atoms with Crippen LogP contribution < -0.4 is 10.6 Å². The van der Waals surface area contributed by atoms with Crippen LogP contribution in [0.25, 0.3) is 11.1 Å². The van der Waals surface area contributed by atoms with Crippen LogP contribution in [0.5, 0.6) is 0 Å². The third kappa shape index (κ3) is 5.51. The number of nitrogens with zero attached hydrogens (tertiary/aromatic N) is 1. The van der Waals surface area contributed by atoms with Crippen molar-refractivity contribution in [2.45, 2.75) is 76.9 Å². The second-order valence-electron chi connectivity index (χ2n) is 10.2. The molecule has 2 unspecified atom stereocenters. The Morgan fingerprint density at radius 2 is 1.78 bits per heavy atom. The van der Waals surface area contributed by atoms with E-state index in [0.29, 0.717) is 35.2 Å². The van der Waals surface area contributed by atoms with Crippen molar-refractivity contribution in [3.63, 3.8) is 0 Å². The Bertz CT molecular complexity index is 1110. The van der Waals surface area contributed by atoms with Crippen LogP contribution in [0.2, 0.25) is 0 Å². The molecule has 192 valence electrons. The quantitative estimate of drug-likeness (QED) is 0.568. The van der Waals surface area contributed by atoms with Gasteiger partial charge in [0.25, 0.3) is 0 Å². The fourth-order valence-electron chi connectivity index (χ4n) is 5.49. The van der Waals surface area contributed by atoms with Gasteiger partial charge in [-0.1, -0.05) is 56.3 Å². The summed E-state index contributed by atoms with van der Waals surface area (Å²) in [6.45, 7) is 6.75. The number of halogens is 1. The van der Waals surface area contributed by atoms with Crippen molar-refractivity contribution in [2.75, 3.05) is 13.1 Å². The maximum absolute atomic E-state index is 16.0. The molecule has 0 spiro atoms. The molecular weight excluding hydrogens is 457 g/mol. The molecule has 0 aliphatic carbocycles. The first-order valence-electron chi connectivity index (χ1n) is 13.0. The largest absolute Gasteiger partial charge is 0.341 e. The van der Waals surface area contributed by atoms with E-state index in [1.807, 2.05) is 44.2 Å². The Balaban J connectivity index is 1.76. The van der Waals surface area contributed by atoms with E-state index in [4.69, 9.17) is 0 Å². The van der Waals surface area contributed by atoms with Crippen molar-refractivity contribution in [3.8, 4) is 11.1 Å². The van der Waals surface area contributed by atoms with Crippen LogP contribution in [0.4, 0.5) is 4.39 Å². The Morgan fingerprint density at radius 1 is 1.06 bits per heavy atom. The molecule has 0 radical (unpaired) electrons. The zero-order chi connectivity index (χ0) is 25.8. The van der Waals surface area contributed by atoms with E-state index in [9.17, 15) is 14.4 Å². The van der Waals surface area contributed by atoms with Crippen molar-refractivity contribution in [1.29, 1.82) is 0 Å². The van der Waals surface area contributed by atoms with Gasteiger partial charge in [-0.05, 0) is 54.8 Å². The van der Waals surface area contributed by atoms with Crippen LogP contribution in [-0.4, -0.2) is 47.7 Å². The average Bonchev–Trinajstić information content (AvgIpc) is 3.55. The van der Waals surface area contributed by atoms with Crippen LogP contribution in [0.1, 0.15) is 76.0 Å². The van der Waals surface area contributed by atoms with Gasteiger partial charge in [-0.25, -0.2) is 4.39 Å². The van der Waals surface area contributed by atoms with Gasteiger partial charge in [0.15, 0.2) is 5.78 Å². The lowest BCUT2D eigenvalue weighted by molar-refractivity contribution is -0.132. The molecule has 0 bridgehead atoms. The van der Waals surface area contributed by atoms with Crippen molar-refractivity contribution in [2.24, 2.45) is 0 Å². The minimum absolute atomic E-state index is 0.0458. The molecule has 36 heavy (non-hydrogen) atoms. The molecule has 6 nitrogen and oxygen atoms in total. The summed E-state index contributed by atoms with van der Waals surface area (Å²) in [6, 6.07) is 11.1. The van der Waals surface area contributed by atoms with Gasteiger partial charge in [-0.15, -0.1) is 0 Å². The third-order valence-electron chi connectivity index (χ3n) is 7.40. The maximum atomic E-state index is 16.0. The SMILES string of the molecule is CC(=O)N1CCC[C@@H]1CC(=O)C(NC(=O)C1CCCN1)c1ccc(C(C)C)c(F)c1-c1ccccc1. The number of hydrogen-bond acceptors (Lipinski definition) is 4. The van der Waals surface area contributed by atoms with E-state index in [1.165, 1.54) is 6.92 Å². The van der Waals surface area contributed by atoms with Gasteiger partial charge in [-0.2, -0.15) is 0 Å². The molecule has 2 aliphatic rings. The van der Waals surface area contributed by atoms with E-state index in [1.54, 1.807) is 17.0 Å². The summed E-state index contributed by atoms with van der Waals surface area (Å²) in [4.78, 5) is 40.8. The third-order valence-corrected chi connectivity index (χ3v) is 7.40. The van der Waals surface area contributed by atoms with Crippen LogP contribution in [0.3, 0.4) is 0 Å². The lowest BCUT2D eigenvalue weighted by Crippen LogP contribution is -2.45.